The van der Waals surface area contributed by atoms with E-state index in [2.05, 4.69) is 19.2 Å². The topological polar surface area (TPSA) is 58.3 Å². The molecule has 0 aliphatic heterocycles. The third-order valence-corrected chi connectivity index (χ3v) is 2.41. The predicted octanol–water partition coefficient (Wildman–Crippen LogP) is 0.820. The lowest BCUT2D eigenvalue weighted by Crippen LogP contribution is -2.39. The fourth-order valence-electron chi connectivity index (χ4n) is 1.75. The van der Waals surface area contributed by atoms with Gasteiger partial charge in [0.2, 0.25) is 0 Å². The van der Waals surface area contributed by atoms with E-state index in [0.29, 0.717) is 18.5 Å². The van der Waals surface area contributed by atoms with Crippen LogP contribution >= 0.6 is 0 Å². The van der Waals surface area contributed by atoms with Gasteiger partial charge in [-0.2, -0.15) is 0 Å². The van der Waals surface area contributed by atoms with Gasteiger partial charge in [0, 0.05) is 18.5 Å². The van der Waals surface area contributed by atoms with Gasteiger partial charge in [-0.3, -0.25) is 0 Å². The first kappa shape index (κ1) is 11.0. The summed E-state index contributed by atoms with van der Waals surface area (Å²) >= 11 is 0. The molecule has 2 atom stereocenters. The molecular formula is C10H22N2O. The van der Waals surface area contributed by atoms with Crippen LogP contribution in [0.5, 0.6) is 0 Å². The molecule has 1 saturated carbocycles. The average Bonchev–Trinajstić information content (AvgIpc) is 2.67. The molecule has 1 aliphatic rings. The Balaban J connectivity index is 2.23. The molecule has 3 nitrogen and oxygen atoms in total. The minimum Gasteiger partial charge on any atom is -0.379 e. The van der Waals surface area contributed by atoms with Crippen LogP contribution < -0.4 is 11.1 Å². The summed E-state index contributed by atoms with van der Waals surface area (Å²) in [6, 6.07) is 0.870. The Labute approximate surface area is 80.7 Å². The number of nitrogens with two attached hydrogens (primary N) is 1. The number of hydrogen-bond acceptors (Lipinski definition) is 3. The van der Waals surface area contributed by atoms with Crippen molar-refractivity contribution in [2.24, 2.45) is 11.7 Å². The molecule has 1 aliphatic carbocycles. The van der Waals surface area contributed by atoms with E-state index in [-0.39, 0.29) is 0 Å². The van der Waals surface area contributed by atoms with Crippen LogP contribution in [0.4, 0.5) is 0 Å². The van der Waals surface area contributed by atoms with Gasteiger partial charge in [-0.1, -0.05) is 26.7 Å². The van der Waals surface area contributed by atoms with Crippen molar-refractivity contribution in [3.8, 4) is 0 Å². The first-order valence-corrected chi connectivity index (χ1v) is 5.27. The second kappa shape index (κ2) is 4.94. The quantitative estimate of drug-likeness (QED) is 0.538. The molecule has 0 aromatic heterocycles. The van der Waals surface area contributed by atoms with Crippen molar-refractivity contribution in [2.75, 3.05) is 0 Å². The summed E-state index contributed by atoms with van der Waals surface area (Å²) in [5.41, 5.74) is 5.38. The van der Waals surface area contributed by atoms with Gasteiger partial charge in [-0.15, -0.1) is 0 Å². The van der Waals surface area contributed by atoms with Gasteiger partial charge in [0.05, 0.1) is 0 Å². The Morgan fingerprint density at radius 2 is 2.08 bits per heavy atom. The summed E-state index contributed by atoms with van der Waals surface area (Å²) in [7, 11) is 0. The average molecular weight is 186 g/mol. The van der Waals surface area contributed by atoms with Crippen LogP contribution in [-0.4, -0.2) is 23.4 Å². The van der Waals surface area contributed by atoms with Gasteiger partial charge in [-0.25, -0.2) is 0 Å². The zero-order chi connectivity index (χ0) is 9.84. The first-order valence-electron chi connectivity index (χ1n) is 5.27. The second-order valence-corrected chi connectivity index (χ2v) is 4.50. The zero-order valence-electron chi connectivity index (χ0n) is 8.66. The minimum atomic E-state index is -0.671. The van der Waals surface area contributed by atoms with Gasteiger partial charge in [-0.05, 0) is 12.3 Å². The van der Waals surface area contributed by atoms with Crippen molar-refractivity contribution in [1.82, 2.24) is 5.32 Å². The van der Waals surface area contributed by atoms with Gasteiger partial charge in [0.1, 0.15) is 6.23 Å². The largest absolute Gasteiger partial charge is 0.379 e. The lowest BCUT2D eigenvalue weighted by atomic mass is 10.1. The van der Waals surface area contributed by atoms with Crippen LogP contribution in [0.2, 0.25) is 0 Å². The summed E-state index contributed by atoms with van der Waals surface area (Å²) in [6.07, 6.45) is 3.89. The van der Waals surface area contributed by atoms with E-state index < -0.39 is 6.23 Å². The van der Waals surface area contributed by atoms with Crippen LogP contribution in [0.15, 0.2) is 0 Å². The molecule has 0 aromatic carbocycles. The summed E-state index contributed by atoms with van der Waals surface area (Å²) in [5, 5.41) is 12.5. The van der Waals surface area contributed by atoms with Crippen molar-refractivity contribution in [3.63, 3.8) is 0 Å². The minimum absolute atomic E-state index is 0.396. The monoisotopic (exact) mass is 186 g/mol. The van der Waals surface area contributed by atoms with Gasteiger partial charge in [0.15, 0.2) is 0 Å². The molecule has 0 bridgehead atoms. The lowest BCUT2D eigenvalue weighted by Gasteiger charge is -2.22. The highest BCUT2D eigenvalue weighted by Gasteiger charge is 2.26. The van der Waals surface area contributed by atoms with Crippen LogP contribution in [0.3, 0.4) is 0 Å². The summed E-state index contributed by atoms with van der Waals surface area (Å²) in [4.78, 5) is 0. The molecule has 0 saturated heterocycles. The van der Waals surface area contributed by atoms with E-state index >= 15 is 0 Å². The Morgan fingerprint density at radius 1 is 1.46 bits per heavy atom. The molecule has 78 valence electrons. The Morgan fingerprint density at radius 3 is 2.46 bits per heavy atom. The summed E-state index contributed by atoms with van der Waals surface area (Å²) in [5.74, 6) is 0.884. The Hall–Kier alpha value is -0.120. The molecule has 0 radical (unpaired) electrons. The zero-order valence-corrected chi connectivity index (χ0v) is 8.66. The van der Waals surface area contributed by atoms with Gasteiger partial charge < -0.3 is 16.2 Å². The maximum atomic E-state index is 9.11. The van der Waals surface area contributed by atoms with Crippen LogP contribution in [-0.2, 0) is 0 Å². The molecule has 4 N–H and O–H groups in total. The number of nitrogens with one attached hydrogen (secondary N) is 1. The summed E-state index contributed by atoms with van der Waals surface area (Å²) in [6.45, 7) is 4.26. The van der Waals surface area contributed by atoms with Gasteiger partial charge >= 0.3 is 0 Å². The van der Waals surface area contributed by atoms with Crippen molar-refractivity contribution >= 4 is 0 Å². The highest BCUT2D eigenvalue weighted by molar-refractivity contribution is 4.81. The molecule has 0 spiro atoms. The predicted molar refractivity (Wildman–Crippen MR) is 54.2 cm³/mol. The van der Waals surface area contributed by atoms with Crippen molar-refractivity contribution in [3.05, 3.63) is 0 Å². The maximum absolute atomic E-state index is 9.11. The fraction of sp³-hybridized carbons (Fsp3) is 1.00. The summed E-state index contributed by atoms with van der Waals surface area (Å²) < 4.78 is 0. The number of aliphatic hydroxyl groups is 1. The molecule has 1 unspecified atom stereocenters. The normalized spacial score (nSPS) is 21.9. The fourth-order valence-corrected chi connectivity index (χ4v) is 1.75. The highest BCUT2D eigenvalue weighted by Crippen LogP contribution is 2.34. The molecule has 3 heteroatoms. The van der Waals surface area contributed by atoms with Crippen LogP contribution in [0.1, 0.15) is 39.5 Å². The first-order chi connectivity index (χ1) is 6.08. The van der Waals surface area contributed by atoms with E-state index in [4.69, 9.17) is 10.8 Å². The second-order valence-electron chi connectivity index (χ2n) is 4.50. The Bertz CT molecular complexity index is 128. The van der Waals surface area contributed by atoms with Crippen molar-refractivity contribution < 1.29 is 5.11 Å². The molecule has 1 rings (SSSR count). The third-order valence-electron chi connectivity index (χ3n) is 2.41. The molecule has 0 heterocycles. The van der Waals surface area contributed by atoms with E-state index in [0.717, 1.165) is 5.92 Å². The smallest absolute Gasteiger partial charge is 0.103 e. The number of rotatable bonds is 6. The van der Waals surface area contributed by atoms with Crippen LogP contribution in [0, 0.1) is 5.92 Å². The standard InChI is InChI=1S/C10H22N2O/c1-7(2)12-9(6-10(11)13)5-8-3-4-8/h7-10,12-13H,3-6,11H2,1-2H3/t9?,10-/m0/s1. The number of aliphatic hydroxyl groups excluding tert-OH is 1. The van der Waals surface area contributed by atoms with E-state index in [1.807, 2.05) is 0 Å². The maximum Gasteiger partial charge on any atom is 0.103 e. The number of hydrogen-bond donors (Lipinski definition) is 3. The highest BCUT2D eigenvalue weighted by atomic mass is 16.3. The van der Waals surface area contributed by atoms with Crippen LogP contribution in [0.25, 0.3) is 0 Å². The third kappa shape index (κ3) is 5.24. The molecular weight excluding hydrogens is 164 g/mol. The van der Waals surface area contributed by atoms with E-state index in [1.54, 1.807) is 0 Å². The molecule has 1 fully saturated rings. The molecule has 0 amide bonds. The molecule has 0 aromatic rings. The van der Waals surface area contributed by atoms with Gasteiger partial charge in [0.25, 0.3) is 0 Å². The lowest BCUT2D eigenvalue weighted by molar-refractivity contribution is 0.150. The van der Waals surface area contributed by atoms with E-state index in [9.17, 15) is 0 Å². The molecule has 13 heavy (non-hydrogen) atoms. The SMILES string of the molecule is CC(C)NC(CC1CC1)C[C@@H](N)O. The van der Waals surface area contributed by atoms with E-state index in [1.165, 1.54) is 19.3 Å². The van der Waals surface area contributed by atoms with Crippen molar-refractivity contribution in [1.29, 1.82) is 0 Å². The Kier molecular flexibility index (Phi) is 4.16. The van der Waals surface area contributed by atoms with Crippen molar-refractivity contribution in [2.45, 2.75) is 57.8 Å².